The molecular formula is C18H30FN3O3S. The van der Waals surface area contributed by atoms with Gasteiger partial charge in [0.1, 0.15) is 5.82 Å². The average molecular weight is 388 g/mol. The number of hydrogen-bond donors (Lipinski definition) is 2. The van der Waals surface area contributed by atoms with Crippen molar-refractivity contribution < 1.29 is 18.7 Å². The normalized spacial score (nSPS) is 12.9. The van der Waals surface area contributed by atoms with Gasteiger partial charge in [0.05, 0.1) is 19.8 Å². The molecule has 3 N–H and O–H groups in total. The van der Waals surface area contributed by atoms with Crippen LogP contribution < -0.4 is 11.1 Å². The summed E-state index contributed by atoms with van der Waals surface area (Å²) < 4.78 is 17.8. The standard InChI is InChI=1S/C13H15FN2O3.C3H9NS.C2H6/c14-11-3-1-10(2-4-11)13(18)15-9-12(17)16-5-7-19-8-6-16;1-5-3-2-4;1-2/h1-4H,5-9H2,(H,15,18);2-4H2,1H3;1-2H3. The van der Waals surface area contributed by atoms with Crippen LogP contribution in [-0.2, 0) is 9.53 Å². The largest absolute Gasteiger partial charge is 0.378 e. The molecule has 0 aromatic heterocycles. The van der Waals surface area contributed by atoms with Gasteiger partial charge in [-0.05, 0) is 30.5 Å². The van der Waals surface area contributed by atoms with E-state index in [1.807, 2.05) is 20.1 Å². The minimum atomic E-state index is -0.402. The molecule has 8 heteroatoms. The number of nitrogens with one attached hydrogen (secondary N) is 1. The monoisotopic (exact) mass is 387 g/mol. The van der Waals surface area contributed by atoms with Gasteiger partial charge < -0.3 is 20.7 Å². The second-order valence-corrected chi connectivity index (χ2v) is 5.95. The minimum absolute atomic E-state index is 0.0593. The van der Waals surface area contributed by atoms with Gasteiger partial charge in [0, 0.05) is 31.0 Å². The highest BCUT2D eigenvalue weighted by molar-refractivity contribution is 7.98. The lowest BCUT2D eigenvalue weighted by Gasteiger charge is -2.26. The van der Waals surface area contributed by atoms with Crippen molar-refractivity contribution in [2.45, 2.75) is 13.8 Å². The van der Waals surface area contributed by atoms with Gasteiger partial charge in [-0.15, -0.1) is 0 Å². The molecule has 2 amide bonds. The molecule has 0 aliphatic carbocycles. The van der Waals surface area contributed by atoms with E-state index in [1.54, 1.807) is 16.7 Å². The zero-order chi connectivity index (χ0) is 19.8. The Morgan fingerprint density at radius 1 is 1.23 bits per heavy atom. The Morgan fingerprint density at radius 3 is 2.27 bits per heavy atom. The van der Waals surface area contributed by atoms with E-state index in [-0.39, 0.29) is 18.4 Å². The second kappa shape index (κ2) is 15.6. The van der Waals surface area contributed by atoms with E-state index in [9.17, 15) is 14.0 Å². The fraction of sp³-hybridized carbons (Fsp3) is 0.556. The molecule has 6 nitrogen and oxygen atoms in total. The van der Waals surface area contributed by atoms with Crippen LogP contribution in [0.3, 0.4) is 0 Å². The summed E-state index contributed by atoms with van der Waals surface area (Å²) in [4.78, 5) is 25.1. The molecule has 0 saturated carbocycles. The number of benzene rings is 1. The molecule has 1 aromatic rings. The summed E-state index contributed by atoms with van der Waals surface area (Å²) in [6.07, 6.45) is 2.05. The third-order valence-electron chi connectivity index (χ3n) is 3.19. The number of halogens is 1. The van der Waals surface area contributed by atoms with E-state index in [0.29, 0.717) is 31.9 Å². The van der Waals surface area contributed by atoms with E-state index < -0.39 is 5.82 Å². The Labute approximate surface area is 159 Å². The molecule has 1 saturated heterocycles. The Kier molecular flexibility index (Phi) is 14.6. The maximum absolute atomic E-state index is 12.7. The minimum Gasteiger partial charge on any atom is -0.378 e. The van der Waals surface area contributed by atoms with Crippen LogP contribution in [0.5, 0.6) is 0 Å². The molecule has 1 aliphatic heterocycles. The Bertz CT molecular complexity index is 507. The number of thioether (sulfide) groups is 1. The summed E-state index contributed by atoms with van der Waals surface area (Å²) >= 11 is 1.78. The first-order chi connectivity index (χ1) is 12.6. The van der Waals surface area contributed by atoms with Crippen molar-refractivity contribution in [1.29, 1.82) is 0 Å². The number of carbonyl (C=O) groups excluding carboxylic acids is 2. The summed E-state index contributed by atoms with van der Waals surface area (Å²) in [5.74, 6) is 0.154. The van der Waals surface area contributed by atoms with E-state index in [1.165, 1.54) is 24.3 Å². The summed E-state index contributed by atoms with van der Waals surface area (Å²) in [5, 5.41) is 2.52. The van der Waals surface area contributed by atoms with Crippen LogP contribution >= 0.6 is 11.8 Å². The fourth-order valence-corrected chi connectivity index (χ4v) is 2.14. The van der Waals surface area contributed by atoms with Gasteiger partial charge >= 0.3 is 0 Å². The van der Waals surface area contributed by atoms with Crippen molar-refractivity contribution in [3.63, 3.8) is 0 Å². The summed E-state index contributed by atoms with van der Waals surface area (Å²) in [6.45, 7) is 6.89. The van der Waals surface area contributed by atoms with Gasteiger partial charge in [-0.25, -0.2) is 4.39 Å². The van der Waals surface area contributed by atoms with E-state index >= 15 is 0 Å². The molecule has 148 valence electrons. The number of morpholine rings is 1. The van der Waals surface area contributed by atoms with Crippen LogP contribution in [0.15, 0.2) is 24.3 Å². The highest BCUT2D eigenvalue weighted by atomic mass is 32.2. The fourth-order valence-electron chi connectivity index (χ4n) is 1.90. The third-order valence-corrected chi connectivity index (χ3v) is 3.84. The van der Waals surface area contributed by atoms with Crippen molar-refractivity contribution in [3.8, 4) is 0 Å². The number of amides is 2. The lowest BCUT2D eigenvalue weighted by Crippen LogP contribution is -2.45. The number of rotatable bonds is 5. The predicted molar refractivity (Wildman–Crippen MR) is 105 cm³/mol. The zero-order valence-electron chi connectivity index (χ0n) is 15.8. The number of hydrogen-bond acceptors (Lipinski definition) is 5. The number of carbonyl (C=O) groups is 2. The molecule has 0 radical (unpaired) electrons. The van der Waals surface area contributed by atoms with Gasteiger partial charge in [-0.2, -0.15) is 11.8 Å². The molecule has 0 spiro atoms. The van der Waals surface area contributed by atoms with Crippen molar-refractivity contribution >= 4 is 23.6 Å². The molecule has 0 unspecified atom stereocenters. The summed E-state index contributed by atoms with van der Waals surface area (Å²) in [7, 11) is 0. The number of nitrogens with two attached hydrogens (primary N) is 1. The molecule has 0 bridgehead atoms. The maximum Gasteiger partial charge on any atom is 0.251 e. The SMILES string of the molecule is CC.CSCCN.O=C(NCC(=O)N1CCOCC1)c1ccc(F)cc1. The molecule has 1 fully saturated rings. The molecule has 0 atom stereocenters. The van der Waals surface area contributed by atoms with Crippen molar-refractivity contribution in [1.82, 2.24) is 10.2 Å². The molecular weight excluding hydrogens is 357 g/mol. The zero-order valence-corrected chi connectivity index (χ0v) is 16.6. The van der Waals surface area contributed by atoms with Gasteiger partial charge in [0.15, 0.2) is 0 Å². The Morgan fingerprint density at radius 2 is 1.81 bits per heavy atom. The first-order valence-electron chi connectivity index (χ1n) is 8.66. The van der Waals surface area contributed by atoms with Crippen molar-refractivity contribution in [2.75, 3.05) is 51.4 Å². The van der Waals surface area contributed by atoms with Gasteiger partial charge in [0.25, 0.3) is 5.91 Å². The highest BCUT2D eigenvalue weighted by Crippen LogP contribution is 2.02. The molecule has 26 heavy (non-hydrogen) atoms. The second-order valence-electron chi connectivity index (χ2n) is 4.96. The summed E-state index contributed by atoms with van der Waals surface area (Å²) in [5.41, 5.74) is 5.45. The first kappa shape index (κ1) is 24.4. The Balaban J connectivity index is 0.000000772. The van der Waals surface area contributed by atoms with Crippen LogP contribution in [0, 0.1) is 5.82 Å². The van der Waals surface area contributed by atoms with Gasteiger partial charge in [0.2, 0.25) is 5.91 Å². The Hall–Kier alpha value is -1.64. The van der Waals surface area contributed by atoms with Crippen molar-refractivity contribution in [3.05, 3.63) is 35.6 Å². The molecule has 1 heterocycles. The molecule has 1 aromatic carbocycles. The lowest BCUT2D eigenvalue weighted by atomic mass is 10.2. The lowest BCUT2D eigenvalue weighted by molar-refractivity contribution is -0.134. The van der Waals surface area contributed by atoms with E-state index in [0.717, 1.165) is 12.3 Å². The van der Waals surface area contributed by atoms with Gasteiger partial charge in [-0.3, -0.25) is 9.59 Å². The smallest absolute Gasteiger partial charge is 0.251 e. The topological polar surface area (TPSA) is 84.7 Å². The molecule has 2 rings (SSSR count). The van der Waals surface area contributed by atoms with Gasteiger partial charge in [-0.1, -0.05) is 13.8 Å². The van der Waals surface area contributed by atoms with Crippen LogP contribution in [0.2, 0.25) is 0 Å². The quantitative estimate of drug-likeness (QED) is 0.804. The van der Waals surface area contributed by atoms with Crippen LogP contribution in [-0.4, -0.2) is 68.1 Å². The third kappa shape index (κ3) is 10.4. The van der Waals surface area contributed by atoms with E-state index in [4.69, 9.17) is 10.5 Å². The molecule has 1 aliphatic rings. The van der Waals surface area contributed by atoms with Crippen LogP contribution in [0.4, 0.5) is 4.39 Å². The van der Waals surface area contributed by atoms with Crippen molar-refractivity contribution in [2.24, 2.45) is 5.73 Å². The first-order valence-corrected chi connectivity index (χ1v) is 10.1. The maximum atomic E-state index is 12.7. The van der Waals surface area contributed by atoms with E-state index in [2.05, 4.69) is 5.32 Å². The summed E-state index contributed by atoms with van der Waals surface area (Å²) in [6, 6.07) is 5.17. The van der Waals surface area contributed by atoms with Crippen LogP contribution in [0.25, 0.3) is 0 Å². The average Bonchev–Trinajstić information content (AvgIpc) is 2.70. The highest BCUT2D eigenvalue weighted by Gasteiger charge is 2.17. The predicted octanol–water partition coefficient (Wildman–Crippen LogP) is 1.75. The number of nitrogens with zero attached hydrogens (tertiary/aromatic N) is 1. The van der Waals surface area contributed by atoms with Crippen LogP contribution in [0.1, 0.15) is 24.2 Å². The number of ether oxygens (including phenoxy) is 1.